The molecule has 3 rings (SSSR count). The molecule has 2 heteroatoms. The van der Waals surface area contributed by atoms with Gasteiger partial charge in [0.25, 0.3) is 0 Å². The second-order valence-corrected chi connectivity index (χ2v) is 4.94. The smallest absolute Gasteiger partial charge is 0.0684 e. The fourth-order valence-electron chi connectivity index (χ4n) is 2.52. The Balaban J connectivity index is 1.89. The number of benzene rings is 2. The van der Waals surface area contributed by atoms with Crippen molar-refractivity contribution < 1.29 is 5.11 Å². The number of hydrogen-bond donors (Lipinski definition) is 2. The fraction of sp³-hybridized carbons (Fsp3) is 0.250. The highest BCUT2D eigenvalue weighted by molar-refractivity contribution is 5.78. The van der Waals surface area contributed by atoms with Gasteiger partial charge in [0.05, 0.1) is 6.10 Å². The lowest BCUT2D eigenvalue weighted by Gasteiger charge is -2.10. The lowest BCUT2D eigenvalue weighted by atomic mass is 10.1. The molecule has 1 aliphatic rings. The molecule has 0 bridgehead atoms. The summed E-state index contributed by atoms with van der Waals surface area (Å²) in [5, 5.41) is 12.5. The zero-order valence-electron chi connectivity index (χ0n) is 10.5. The number of anilines is 1. The highest BCUT2D eigenvalue weighted by Gasteiger charge is 2.17. The first-order valence-electron chi connectivity index (χ1n) is 6.37. The quantitative estimate of drug-likeness (QED) is 0.736. The molecule has 0 saturated carbocycles. The van der Waals surface area contributed by atoms with Crippen LogP contribution in [0.3, 0.4) is 0 Å². The molecule has 18 heavy (non-hydrogen) atoms. The van der Waals surface area contributed by atoms with E-state index in [9.17, 15) is 5.11 Å². The first-order chi connectivity index (χ1) is 8.74. The number of fused-ring (bicyclic) bond motifs is 3. The molecule has 0 saturated heterocycles. The highest BCUT2D eigenvalue weighted by Crippen LogP contribution is 2.37. The normalized spacial score (nSPS) is 13.9. The van der Waals surface area contributed by atoms with E-state index in [1.165, 1.54) is 22.3 Å². The number of aliphatic hydroxyl groups is 1. The molecule has 1 atom stereocenters. The van der Waals surface area contributed by atoms with E-state index in [2.05, 4.69) is 47.8 Å². The van der Waals surface area contributed by atoms with Crippen molar-refractivity contribution in [2.75, 3.05) is 11.9 Å². The molecule has 0 spiro atoms. The van der Waals surface area contributed by atoms with Gasteiger partial charge in [-0.3, -0.25) is 0 Å². The van der Waals surface area contributed by atoms with E-state index in [-0.39, 0.29) is 6.10 Å². The van der Waals surface area contributed by atoms with E-state index in [1.807, 2.05) is 0 Å². The third-order valence-corrected chi connectivity index (χ3v) is 3.40. The van der Waals surface area contributed by atoms with Crippen LogP contribution < -0.4 is 5.32 Å². The maximum Gasteiger partial charge on any atom is 0.0684 e. The summed E-state index contributed by atoms with van der Waals surface area (Å²) in [5.41, 5.74) is 6.55. The van der Waals surface area contributed by atoms with Gasteiger partial charge in [-0.15, -0.1) is 0 Å². The Hall–Kier alpha value is -1.80. The summed E-state index contributed by atoms with van der Waals surface area (Å²) >= 11 is 0. The summed E-state index contributed by atoms with van der Waals surface area (Å²) in [6.45, 7) is 2.38. The Morgan fingerprint density at radius 3 is 2.72 bits per heavy atom. The average molecular weight is 239 g/mol. The van der Waals surface area contributed by atoms with Crippen LogP contribution >= 0.6 is 0 Å². The maximum absolute atomic E-state index is 9.29. The van der Waals surface area contributed by atoms with Gasteiger partial charge >= 0.3 is 0 Å². The number of nitrogens with one attached hydrogen (secondary N) is 1. The SMILES string of the molecule is C[C@@H](O)CNc1ccc2c(c1)Cc1ccccc1-2. The molecule has 92 valence electrons. The second kappa shape index (κ2) is 4.46. The van der Waals surface area contributed by atoms with Crippen LogP contribution in [0, 0.1) is 0 Å². The van der Waals surface area contributed by atoms with Gasteiger partial charge in [-0.05, 0) is 47.7 Å². The van der Waals surface area contributed by atoms with Crippen LogP contribution in [0.2, 0.25) is 0 Å². The molecule has 0 amide bonds. The maximum atomic E-state index is 9.29. The summed E-state index contributed by atoms with van der Waals surface area (Å²) in [5.74, 6) is 0. The topological polar surface area (TPSA) is 32.3 Å². The van der Waals surface area contributed by atoms with Crippen LogP contribution in [0.4, 0.5) is 5.69 Å². The Morgan fingerprint density at radius 2 is 1.89 bits per heavy atom. The molecule has 2 N–H and O–H groups in total. The lowest BCUT2D eigenvalue weighted by molar-refractivity contribution is 0.208. The Bertz CT molecular complexity index is 575. The molecule has 2 aromatic rings. The number of aliphatic hydroxyl groups excluding tert-OH is 1. The van der Waals surface area contributed by atoms with Crippen LogP contribution in [0.25, 0.3) is 11.1 Å². The molecular weight excluding hydrogens is 222 g/mol. The zero-order chi connectivity index (χ0) is 12.5. The summed E-state index contributed by atoms with van der Waals surface area (Å²) in [4.78, 5) is 0. The molecule has 0 unspecified atom stereocenters. The van der Waals surface area contributed by atoms with Gasteiger partial charge < -0.3 is 10.4 Å². The Morgan fingerprint density at radius 1 is 1.11 bits per heavy atom. The third-order valence-electron chi connectivity index (χ3n) is 3.40. The minimum Gasteiger partial charge on any atom is -0.392 e. The van der Waals surface area contributed by atoms with Crippen molar-refractivity contribution in [1.82, 2.24) is 0 Å². The predicted molar refractivity (Wildman–Crippen MR) is 74.9 cm³/mol. The molecule has 0 aliphatic heterocycles. The van der Waals surface area contributed by atoms with Gasteiger partial charge in [0.15, 0.2) is 0 Å². The molecule has 0 aromatic heterocycles. The van der Waals surface area contributed by atoms with E-state index in [4.69, 9.17) is 0 Å². The number of rotatable bonds is 3. The zero-order valence-corrected chi connectivity index (χ0v) is 10.5. The minimum absolute atomic E-state index is 0.324. The van der Waals surface area contributed by atoms with Crippen molar-refractivity contribution in [2.45, 2.75) is 19.4 Å². The standard InChI is InChI=1S/C16H17NO/c1-11(18)10-17-14-6-7-16-13(9-14)8-12-4-2-3-5-15(12)16/h2-7,9,11,17-18H,8,10H2,1H3/t11-/m1/s1. The van der Waals surface area contributed by atoms with Gasteiger partial charge in [-0.1, -0.05) is 30.3 Å². The van der Waals surface area contributed by atoms with Crippen molar-refractivity contribution in [1.29, 1.82) is 0 Å². The van der Waals surface area contributed by atoms with Crippen molar-refractivity contribution in [3.05, 3.63) is 53.6 Å². The monoisotopic (exact) mass is 239 g/mol. The van der Waals surface area contributed by atoms with Gasteiger partial charge in [-0.25, -0.2) is 0 Å². The summed E-state index contributed by atoms with van der Waals surface area (Å²) in [6, 6.07) is 15.0. The van der Waals surface area contributed by atoms with E-state index >= 15 is 0 Å². The van der Waals surface area contributed by atoms with Crippen LogP contribution in [0.15, 0.2) is 42.5 Å². The van der Waals surface area contributed by atoms with E-state index in [0.717, 1.165) is 12.1 Å². The van der Waals surface area contributed by atoms with E-state index in [1.54, 1.807) is 6.92 Å². The lowest BCUT2D eigenvalue weighted by Crippen LogP contribution is -2.15. The van der Waals surface area contributed by atoms with Gasteiger partial charge in [0.1, 0.15) is 0 Å². The van der Waals surface area contributed by atoms with Crippen LogP contribution in [-0.2, 0) is 6.42 Å². The van der Waals surface area contributed by atoms with Crippen molar-refractivity contribution in [3.63, 3.8) is 0 Å². The van der Waals surface area contributed by atoms with Crippen molar-refractivity contribution in [3.8, 4) is 11.1 Å². The molecule has 2 aromatic carbocycles. The first-order valence-corrected chi connectivity index (χ1v) is 6.37. The summed E-state index contributed by atoms with van der Waals surface area (Å²) in [7, 11) is 0. The van der Waals surface area contributed by atoms with Crippen molar-refractivity contribution >= 4 is 5.69 Å². The number of hydrogen-bond acceptors (Lipinski definition) is 2. The summed E-state index contributed by atoms with van der Waals surface area (Å²) < 4.78 is 0. The van der Waals surface area contributed by atoms with Crippen LogP contribution in [0.5, 0.6) is 0 Å². The van der Waals surface area contributed by atoms with Crippen LogP contribution in [0.1, 0.15) is 18.1 Å². The van der Waals surface area contributed by atoms with Crippen molar-refractivity contribution in [2.24, 2.45) is 0 Å². The van der Waals surface area contributed by atoms with Gasteiger partial charge in [-0.2, -0.15) is 0 Å². The second-order valence-electron chi connectivity index (χ2n) is 4.94. The summed E-state index contributed by atoms with van der Waals surface area (Å²) in [6.07, 6.45) is 0.686. The van der Waals surface area contributed by atoms with Gasteiger partial charge in [0.2, 0.25) is 0 Å². The molecular formula is C16H17NO. The molecule has 0 heterocycles. The minimum atomic E-state index is -0.324. The average Bonchev–Trinajstić information content (AvgIpc) is 2.73. The Kier molecular flexibility index (Phi) is 2.80. The largest absolute Gasteiger partial charge is 0.392 e. The van der Waals surface area contributed by atoms with Gasteiger partial charge in [0, 0.05) is 12.2 Å². The molecule has 1 aliphatic carbocycles. The Labute approximate surface area is 107 Å². The third kappa shape index (κ3) is 2.00. The highest BCUT2D eigenvalue weighted by atomic mass is 16.3. The fourth-order valence-corrected chi connectivity index (χ4v) is 2.52. The van der Waals surface area contributed by atoms with E-state index < -0.39 is 0 Å². The molecule has 2 nitrogen and oxygen atoms in total. The first kappa shape index (κ1) is 11.3. The predicted octanol–water partition coefficient (Wildman–Crippen LogP) is 3.05. The molecule has 0 fully saturated rings. The van der Waals surface area contributed by atoms with Crippen LogP contribution in [-0.4, -0.2) is 17.8 Å². The molecule has 0 radical (unpaired) electrons. The van der Waals surface area contributed by atoms with E-state index in [0.29, 0.717) is 6.54 Å².